The molecule has 0 amide bonds. The molecule has 138 valence electrons. The van der Waals surface area contributed by atoms with Crippen LogP contribution in [0.3, 0.4) is 0 Å². The van der Waals surface area contributed by atoms with E-state index >= 15 is 0 Å². The van der Waals surface area contributed by atoms with Crippen LogP contribution < -0.4 is 10.6 Å². The molecule has 0 bridgehead atoms. The molecular weight excluding hydrogens is 413 g/mol. The molecule has 0 unspecified atom stereocenters. The van der Waals surface area contributed by atoms with Crippen LogP contribution in [0.4, 0.5) is 0 Å². The third-order valence-electron chi connectivity index (χ3n) is 5.59. The van der Waals surface area contributed by atoms with Gasteiger partial charge in [0.05, 0.1) is 5.69 Å². The summed E-state index contributed by atoms with van der Waals surface area (Å²) >= 11 is 0. The first kappa shape index (κ1) is 21.3. The first-order chi connectivity index (χ1) is 11.0. The minimum Gasteiger partial charge on any atom is -0.356 e. The maximum atomic E-state index is 4.48. The van der Waals surface area contributed by atoms with Crippen LogP contribution in [-0.2, 0) is 13.5 Å². The van der Waals surface area contributed by atoms with Gasteiger partial charge in [0.15, 0.2) is 5.96 Å². The van der Waals surface area contributed by atoms with Gasteiger partial charge in [-0.1, -0.05) is 19.8 Å². The highest BCUT2D eigenvalue weighted by atomic mass is 127. The van der Waals surface area contributed by atoms with Crippen LogP contribution in [0.1, 0.15) is 56.0 Å². The number of nitrogens with zero attached hydrogens (tertiary/aromatic N) is 3. The first-order valence-electron chi connectivity index (χ1n) is 8.95. The number of hydrogen-bond acceptors (Lipinski definition) is 2. The van der Waals surface area contributed by atoms with Crippen molar-refractivity contribution in [3.05, 3.63) is 17.0 Å². The number of aliphatic imine (C=N–C) groups is 1. The Morgan fingerprint density at radius 2 is 1.92 bits per heavy atom. The summed E-state index contributed by atoms with van der Waals surface area (Å²) in [4.78, 5) is 4.37. The van der Waals surface area contributed by atoms with Crippen molar-refractivity contribution in [3.8, 4) is 0 Å². The molecule has 6 heteroatoms. The number of rotatable bonds is 6. The normalized spacial score (nSPS) is 16.8. The Bertz CT molecular complexity index is 544. The lowest BCUT2D eigenvalue weighted by Gasteiger charge is -2.28. The van der Waals surface area contributed by atoms with Crippen LogP contribution >= 0.6 is 24.0 Å². The van der Waals surface area contributed by atoms with E-state index in [2.05, 4.69) is 41.5 Å². The molecule has 1 aromatic heterocycles. The van der Waals surface area contributed by atoms with Gasteiger partial charge in [-0.25, -0.2) is 0 Å². The van der Waals surface area contributed by atoms with Crippen molar-refractivity contribution in [3.63, 3.8) is 0 Å². The van der Waals surface area contributed by atoms with E-state index in [0.29, 0.717) is 5.41 Å². The molecule has 0 spiro atoms. The van der Waals surface area contributed by atoms with Crippen molar-refractivity contribution in [1.29, 1.82) is 0 Å². The van der Waals surface area contributed by atoms with Crippen LogP contribution in [0, 0.1) is 19.3 Å². The summed E-state index contributed by atoms with van der Waals surface area (Å²) in [6, 6.07) is 0. The fourth-order valence-corrected chi connectivity index (χ4v) is 3.76. The molecule has 1 heterocycles. The second-order valence-corrected chi connectivity index (χ2v) is 6.94. The largest absolute Gasteiger partial charge is 0.356 e. The summed E-state index contributed by atoms with van der Waals surface area (Å²) in [5.74, 6) is 0.920. The van der Waals surface area contributed by atoms with Gasteiger partial charge >= 0.3 is 0 Å². The number of hydrogen-bond donors (Lipinski definition) is 2. The van der Waals surface area contributed by atoms with Crippen LogP contribution in [0.5, 0.6) is 0 Å². The zero-order valence-electron chi connectivity index (χ0n) is 15.9. The van der Waals surface area contributed by atoms with E-state index in [1.165, 1.54) is 43.4 Å². The van der Waals surface area contributed by atoms with E-state index in [1.807, 2.05) is 18.8 Å². The van der Waals surface area contributed by atoms with Crippen molar-refractivity contribution in [2.24, 2.45) is 17.5 Å². The lowest BCUT2D eigenvalue weighted by Crippen LogP contribution is -2.43. The van der Waals surface area contributed by atoms with Gasteiger partial charge in [0.1, 0.15) is 0 Å². The molecule has 2 rings (SSSR count). The van der Waals surface area contributed by atoms with Crippen molar-refractivity contribution >= 4 is 29.9 Å². The lowest BCUT2D eigenvalue weighted by molar-refractivity contribution is 0.283. The minimum absolute atomic E-state index is 0. The van der Waals surface area contributed by atoms with Gasteiger partial charge in [-0.3, -0.25) is 9.67 Å². The maximum absolute atomic E-state index is 4.48. The highest BCUT2D eigenvalue weighted by Crippen LogP contribution is 2.40. The zero-order valence-corrected chi connectivity index (χ0v) is 18.2. The van der Waals surface area contributed by atoms with Gasteiger partial charge in [0.25, 0.3) is 0 Å². The smallest absolute Gasteiger partial charge is 0.191 e. The average Bonchev–Trinajstić information content (AvgIpc) is 3.11. The number of aromatic nitrogens is 2. The monoisotopic (exact) mass is 447 g/mol. The number of aryl methyl sites for hydroxylation is 2. The summed E-state index contributed by atoms with van der Waals surface area (Å²) in [5, 5.41) is 11.5. The second kappa shape index (κ2) is 9.63. The van der Waals surface area contributed by atoms with Gasteiger partial charge in [0, 0.05) is 32.9 Å². The van der Waals surface area contributed by atoms with Crippen molar-refractivity contribution < 1.29 is 0 Å². The molecule has 1 aromatic rings. The molecule has 0 saturated heterocycles. The van der Waals surface area contributed by atoms with Gasteiger partial charge in [-0.15, -0.1) is 24.0 Å². The topological polar surface area (TPSA) is 54.2 Å². The van der Waals surface area contributed by atoms with Gasteiger partial charge in [-0.2, -0.15) is 5.10 Å². The van der Waals surface area contributed by atoms with Crippen molar-refractivity contribution in [2.45, 2.75) is 59.3 Å². The van der Waals surface area contributed by atoms with Crippen molar-refractivity contribution in [2.75, 3.05) is 20.1 Å². The lowest BCUT2D eigenvalue weighted by atomic mass is 9.83. The van der Waals surface area contributed by atoms with Gasteiger partial charge in [0.2, 0.25) is 0 Å². The molecule has 1 aliphatic carbocycles. The Labute approximate surface area is 164 Å². The van der Waals surface area contributed by atoms with Crippen LogP contribution in [0.2, 0.25) is 0 Å². The summed E-state index contributed by atoms with van der Waals surface area (Å²) in [7, 11) is 3.86. The van der Waals surface area contributed by atoms with E-state index in [4.69, 9.17) is 0 Å². The quantitative estimate of drug-likeness (QED) is 0.400. The Morgan fingerprint density at radius 1 is 1.25 bits per heavy atom. The molecule has 2 N–H and O–H groups in total. The van der Waals surface area contributed by atoms with Crippen LogP contribution in [0.25, 0.3) is 0 Å². The van der Waals surface area contributed by atoms with E-state index in [9.17, 15) is 0 Å². The number of guanidine groups is 1. The molecule has 0 aromatic carbocycles. The molecule has 1 saturated carbocycles. The SMILES string of the molecule is CCC1(CNC(=NC)NCCc2c(C)nn(C)c2C)CCCC1.I. The molecule has 5 nitrogen and oxygen atoms in total. The Hall–Kier alpha value is -0.790. The maximum Gasteiger partial charge on any atom is 0.191 e. The Morgan fingerprint density at radius 3 is 2.42 bits per heavy atom. The van der Waals surface area contributed by atoms with Gasteiger partial charge < -0.3 is 10.6 Å². The molecule has 1 fully saturated rings. The first-order valence-corrected chi connectivity index (χ1v) is 8.95. The van der Waals surface area contributed by atoms with Crippen molar-refractivity contribution in [1.82, 2.24) is 20.4 Å². The summed E-state index contributed by atoms with van der Waals surface area (Å²) in [6.07, 6.45) is 7.68. The zero-order chi connectivity index (χ0) is 16.9. The molecule has 0 radical (unpaired) electrons. The second-order valence-electron chi connectivity index (χ2n) is 6.94. The minimum atomic E-state index is 0. The van der Waals surface area contributed by atoms with E-state index in [1.54, 1.807) is 0 Å². The molecule has 0 aliphatic heterocycles. The third-order valence-corrected chi connectivity index (χ3v) is 5.59. The number of halogens is 1. The predicted octanol–water partition coefficient (Wildman–Crippen LogP) is 3.33. The van der Waals surface area contributed by atoms with E-state index in [-0.39, 0.29) is 24.0 Å². The number of nitrogens with one attached hydrogen (secondary N) is 2. The molecule has 24 heavy (non-hydrogen) atoms. The highest BCUT2D eigenvalue weighted by molar-refractivity contribution is 14.0. The third kappa shape index (κ3) is 5.10. The summed E-state index contributed by atoms with van der Waals surface area (Å²) in [5.41, 5.74) is 4.21. The molecule has 0 atom stereocenters. The van der Waals surface area contributed by atoms with Crippen LogP contribution in [-0.4, -0.2) is 35.9 Å². The predicted molar refractivity (Wildman–Crippen MR) is 112 cm³/mol. The highest BCUT2D eigenvalue weighted by Gasteiger charge is 2.31. The molecular formula is C18H34IN5. The van der Waals surface area contributed by atoms with E-state index < -0.39 is 0 Å². The molecule has 1 aliphatic rings. The van der Waals surface area contributed by atoms with Gasteiger partial charge in [-0.05, 0) is 50.5 Å². The van der Waals surface area contributed by atoms with Crippen LogP contribution in [0.15, 0.2) is 4.99 Å². The van der Waals surface area contributed by atoms with E-state index in [0.717, 1.165) is 31.2 Å². The average molecular weight is 447 g/mol. The standard InChI is InChI=1S/C18H33N5.HI/c1-6-18(10-7-8-11-18)13-21-17(19-4)20-12-9-16-14(2)22-23(5)15(16)3;/h6-13H2,1-5H3,(H2,19,20,21);1H. The fraction of sp³-hybridized carbons (Fsp3) is 0.778. The summed E-state index contributed by atoms with van der Waals surface area (Å²) in [6.45, 7) is 8.45. The fourth-order valence-electron chi connectivity index (χ4n) is 3.76. The Balaban J connectivity index is 0.00000288. The Kier molecular flexibility index (Phi) is 8.53. The summed E-state index contributed by atoms with van der Waals surface area (Å²) < 4.78 is 1.96.